The molecular weight excluding hydrogens is 216 g/mol. The van der Waals surface area contributed by atoms with Crippen LogP contribution in [-0.2, 0) is 0 Å². The van der Waals surface area contributed by atoms with E-state index in [4.69, 9.17) is 16.9 Å². The lowest BCUT2D eigenvalue weighted by atomic mass is 10.2. The maximum atomic E-state index is 10.5. The summed E-state index contributed by atoms with van der Waals surface area (Å²) in [6, 6.07) is 6.12. The van der Waals surface area contributed by atoms with Crippen molar-refractivity contribution >= 4 is 17.3 Å². The van der Waals surface area contributed by atoms with Crippen molar-refractivity contribution in [2.24, 2.45) is 0 Å². The van der Waals surface area contributed by atoms with Crippen LogP contribution in [0, 0.1) is 33.3 Å². The van der Waals surface area contributed by atoms with Crippen LogP contribution in [0.25, 0.3) is 0 Å². The average molecular weight is 221 g/mol. The lowest BCUT2D eigenvalue weighted by molar-refractivity contribution is -0.384. The average Bonchev–Trinajstić information content (AvgIpc) is 2.20. The highest BCUT2D eigenvalue weighted by molar-refractivity contribution is 6.32. The van der Waals surface area contributed by atoms with Crippen molar-refractivity contribution in [1.29, 1.82) is 5.26 Å². The van der Waals surface area contributed by atoms with E-state index in [0.717, 1.165) is 0 Å². The minimum absolute atomic E-state index is 0.0748. The highest BCUT2D eigenvalue weighted by atomic mass is 35.5. The third-order valence-electron chi connectivity index (χ3n) is 1.54. The molecule has 0 aliphatic rings. The molecule has 0 amide bonds. The summed E-state index contributed by atoms with van der Waals surface area (Å²) in [5, 5.41) is 18.8. The van der Waals surface area contributed by atoms with Crippen molar-refractivity contribution in [3.05, 3.63) is 38.9 Å². The lowest BCUT2D eigenvalue weighted by Gasteiger charge is -1.94. The van der Waals surface area contributed by atoms with Crippen LogP contribution < -0.4 is 0 Å². The molecule has 0 spiro atoms. The van der Waals surface area contributed by atoms with Crippen molar-refractivity contribution in [2.45, 2.75) is 6.42 Å². The number of hydrogen-bond acceptors (Lipinski definition) is 3. The van der Waals surface area contributed by atoms with E-state index in [-0.39, 0.29) is 17.1 Å². The van der Waals surface area contributed by atoms with E-state index < -0.39 is 4.92 Å². The molecule has 0 saturated carbocycles. The topological polar surface area (TPSA) is 66.9 Å². The van der Waals surface area contributed by atoms with Crippen LogP contribution in [0.2, 0.25) is 5.02 Å². The van der Waals surface area contributed by atoms with Gasteiger partial charge in [0.1, 0.15) is 5.02 Å². The minimum Gasteiger partial charge on any atom is -0.258 e. The Hall–Kier alpha value is -2.04. The molecule has 0 saturated heterocycles. The summed E-state index contributed by atoms with van der Waals surface area (Å²) >= 11 is 5.61. The van der Waals surface area contributed by atoms with Crippen LogP contribution >= 0.6 is 11.6 Å². The van der Waals surface area contributed by atoms with Gasteiger partial charge in [-0.2, -0.15) is 5.26 Å². The van der Waals surface area contributed by atoms with Gasteiger partial charge in [-0.05, 0) is 12.1 Å². The first kappa shape index (κ1) is 11.0. The number of nitro benzene ring substituents is 1. The quantitative estimate of drug-likeness (QED) is 0.415. The zero-order chi connectivity index (χ0) is 11.3. The highest BCUT2D eigenvalue weighted by Crippen LogP contribution is 2.24. The van der Waals surface area contributed by atoms with Gasteiger partial charge >= 0.3 is 0 Å². The second kappa shape index (κ2) is 4.99. The van der Waals surface area contributed by atoms with E-state index in [0.29, 0.717) is 5.56 Å². The Morgan fingerprint density at radius 3 is 2.87 bits per heavy atom. The monoisotopic (exact) mass is 220 g/mol. The first-order valence-electron chi connectivity index (χ1n) is 3.95. The van der Waals surface area contributed by atoms with E-state index >= 15 is 0 Å². The molecule has 0 aliphatic heterocycles. The predicted molar refractivity (Wildman–Crippen MR) is 55.2 cm³/mol. The molecule has 15 heavy (non-hydrogen) atoms. The smallest absolute Gasteiger partial charge is 0.258 e. The molecule has 0 bridgehead atoms. The third-order valence-corrected chi connectivity index (χ3v) is 1.86. The summed E-state index contributed by atoms with van der Waals surface area (Å²) in [5.74, 6) is 5.19. The van der Waals surface area contributed by atoms with Crippen molar-refractivity contribution in [3.63, 3.8) is 0 Å². The Labute approximate surface area is 91.2 Å². The van der Waals surface area contributed by atoms with E-state index in [1.54, 1.807) is 6.07 Å². The van der Waals surface area contributed by atoms with Crippen LogP contribution in [0.1, 0.15) is 12.0 Å². The Kier molecular flexibility index (Phi) is 3.68. The van der Waals surface area contributed by atoms with Gasteiger partial charge in [0.25, 0.3) is 5.69 Å². The van der Waals surface area contributed by atoms with Crippen molar-refractivity contribution in [2.75, 3.05) is 0 Å². The zero-order valence-electron chi connectivity index (χ0n) is 7.53. The largest absolute Gasteiger partial charge is 0.289 e. The number of halogens is 1. The molecule has 0 atom stereocenters. The maximum Gasteiger partial charge on any atom is 0.289 e. The molecule has 74 valence electrons. The molecule has 1 aromatic carbocycles. The fourth-order valence-corrected chi connectivity index (χ4v) is 1.10. The molecule has 5 heteroatoms. The Morgan fingerprint density at radius 2 is 2.27 bits per heavy atom. The SMILES string of the molecule is N#CCC#Cc1ccc(Cl)c([N+](=O)[O-])c1. The maximum absolute atomic E-state index is 10.5. The number of rotatable bonds is 1. The van der Waals surface area contributed by atoms with Crippen LogP contribution in [0.15, 0.2) is 18.2 Å². The van der Waals surface area contributed by atoms with E-state index in [9.17, 15) is 10.1 Å². The third kappa shape index (κ3) is 2.98. The van der Waals surface area contributed by atoms with Crippen LogP contribution in [0.5, 0.6) is 0 Å². The molecule has 0 N–H and O–H groups in total. The minimum atomic E-state index is -0.572. The van der Waals surface area contributed by atoms with E-state index in [1.165, 1.54) is 12.1 Å². The second-order valence-corrected chi connectivity index (χ2v) is 2.97. The van der Waals surface area contributed by atoms with Gasteiger partial charge in [-0.3, -0.25) is 10.1 Å². The van der Waals surface area contributed by atoms with Gasteiger partial charge in [-0.25, -0.2) is 0 Å². The Morgan fingerprint density at radius 1 is 1.53 bits per heavy atom. The van der Waals surface area contributed by atoms with Crippen molar-refractivity contribution in [1.82, 2.24) is 0 Å². The molecule has 0 fully saturated rings. The molecule has 1 rings (SSSR count). The summed E-state index contributed by atoms with van der Waals surface area (Å²) < 4.78 is 0. The van der Waals surface area contributed by atoms with E-state index in [1.807, 2.05) is 6.07 Å². The van der Waals surface area contributed by atoms with Crippen LogP contribution in [-0.4, -0.2) is 4.92 Å². The second-order valence-electron chi connectivity index (χ2n) is 2.56. The van der Waals surface area contributed by atoms with Gasteiger partial charge < -0.3 is 0 Å². The summed E-state index contributed by atoms with van der Waals surface area (Å²) in [4.78, 5) is 9.95. The van der Waals surface area contributed by atoms with Crippen LogP contribution in [0.3, 0.4) is 0 Å². The molecule has 0 unspecified atom stereocenters. The molecular formula is C10H5ClN2O2. The fraction of sp³-hybridized carbons (Fsp3) is 0.100. The lowest BCUT2D eigenvalue weighted by Crippen LogP contribution is -1.89. The number of hydrogen-bond donors (Lipinski definition) is 0. The zero-order valence-corrected chi connectivity index (χ0v) is 8.28. The molecule has 0 aliphatic carbocycles. The molecule has 0 radical (unpaired) electrons. The number of nitro groups is 1. The summed E-state index contributed by atoms with van der Waals surface area (Å²) in [6.45, 7) is 0. The Bertz CT molecular complexity index is 494. The van der Waals surface area contributed by atoms with Crippen molar-refractivity contribution in [3.8, 4) is 17.9 Å². The van der Waals surface area contributed by atoms with Gasteiger partial charge in [0.05, 0.1) is 17.4 Å². The predicted octanol–water partition coefficient (Wildman–Crippen LogP) is 2.51. The molecule has 1 aromatic rings. The van der Waals surface area contributed by atoms with Gasteiger partial charge in [-0.1, -0.05) is 23.4 Å². The van der Waals surface area contributed by atoms with Gasteiger partial charge in [0.2, 0.25) is 0 Å². The standard InChI is InChI=1S/C10H5ClN2O2/c11-9-5-4-8(3-1-2-6-12)7-10(9)13(14)15/h4-5,7H,2H2. The molecule has 4 nitrogen and oxygen atoms in total. The highest BCUT2D eigenvalue weighted by Gasteiger charge is 2.11. The fourth-order valence-electron chi connectivity index (χ4n) is 0.916. The normalized spacial score (nSPS) is 8.53. The Balaban J connectivity index is 3.05. The van der Waals surface area contributed by atoms with Gasteiger partial charge in [-0.15, -0.1) is 0 Å². The first-order chi connectivity index (χ1) is 7.15. The van der Waals surface area contributed by atoms with Crippen LogP contribution in [0.4, 0.5) is 5.69 Å². The summed E-state index contributed by atoms with van der Waals surface area (Å²) in [6.07, 6.45) is 0.0937. The van der Waals surface area contributed by atoms with Gasteiger partial charge in [0.15, 0.2) is 0 Å². The summed E-state index contributed by atoms with van der Waals surface area (Å²) in [7, 11) is 0. The number of nitriles is 1. The number of nitrogens with zero attached hydrogens (tertiary/aromatic N) is 2. The summed E-state index contributed by atoms with van der Waals surface area (Å²) in [5.41, 5.74) is 0.293. The van der Waals surface area contributed by atoms with Crippen molar-refractivity contribution < 1.29 is 4.92 Å². The van der Waals surface area contributed by atoms with Gasteiger partial charge in [0, 0.05) is 11.6 Å². The first-order valence-corrected chi connectivity index (χ1v) is 4.32. The van der Waals surface area contributed by atoms with E-state index in [2.05, 4.69) is 11.8 Å². The number of benzene rings is 1. The molecule has 0 aromatic heterocycles. The molecule has 0 heterocycles.